The molecular formula is C13H14Cl2O2. The normalized spacial score (nSPS) is 17.3. The van der Waals surface area contributed by atoms with Crippen LogP contribution in [0.1, 0.15) is 42.6 Å². The molecule has 2 rings (SSSR count). The maximum atomic E-state index is 12.4. The van der Waals surface area contributed by atoms with Gasteiger partial charge in [-0.05, 0) is 30.9 Å². The first-order valence-electron chi connectivity index (χ1n) is 5.71. The Morgan fingerprint density at radius 1 is 1.29 bits per heavy atom. The third-order valence-electron chi connectivity index (χ3n) is 3.86. The van der Waals surface area contributed by atoms with Gasteiger partial charge in [0.15, 0.2) is 5.78 Å². The Hall–Kier alpha value is -0.730. The van der Waals surface area contributed by atoms with Gasteiger partial charge in [-0.1, -0.05) is 37.0 Å². The lowest BCUT2D eigenvalue weighted by atomic mass is 9.79. The van der Waals surface area contributed by atoms with Crippen LogP contribution in [0, 0.1) is 5.41 Å². The van der Waals surface area contributed by atoms with Gasteiger partial charge >= 0.3 is 0 Å². The van der Waals surface area contributed by atoms with Crippen LogP contribution in [0.2, 0.25) is 10.0 Å². The van der Waals surface area contributed by atoms with E-state index in [-0.39, 0.29) is 27.0 Å². The number of rotatable bonds is 2. The first-order chi connectivity index (χ1) is 7.96. The first kappa shape index (κ1) is 12.7. The predicted molar refractivity (Wildman–Crippen MR) is 69.2 cm³/mol. The molecule has 1 aromatic rings. The highest BCUT2D eigenvalue weighted by molar-refractivity contribution is 6.45. The molecule has 0 heterocycles. The third kappa shape index (κ3) is 1.66. The van der Waals surface area contributed by atoms with Crippen molar-refractivity contribution in [2.24, 2.45) is 5.41 Å². The number of phenols is 1. The Labute approximate surface area is 111 Å². The van der Waals surface area contributed by atoms with Crippen molar-refractivity contribution in [2.45, 2.75) is 33.1 Å². The van der Waals surface area contributed by atoms with Crippen LogP contribution in [0.3, 0.4) is 0 Å². The van der Waals surface area contributed by atoms with Crippen LogP contribution in [-0.2, 0) is 6.42 Å². The highest BCUT2D eigenvalue weighted by Gasteiger charge is 2.44. The number of fused-ring (bicyclic) bond motifs is 1. The van der Waals surface area contributed by atoms with Gasteiger partial charge in [0, 0.05) is 11.0 Å². The van der Waals surface area contributed by atoms with Gasteiger partial charge in [0.1, 0.15) is 10.8 Å². The molecule has 2 nitrogen and oxygen atoms in total. The van der Waals surface area contributed by atoms with Crippen molar-refractivity contribution in [1.82, 2.24) is 0 Å². The average molecular weight is 273 g/mol. The number of carbonyl (C=O) groups excluding carboxylic acids is 1. The number of hydrogen-bond donors (Lipinski definition) is 1. The minimum Gasteiger partial charge on any atom is -0.506 e. The smallest absolute Gasteiger partial charge is 0.171 e. The van der Waals surface area contributed by atoms with Crippen molar-refractivity contribution < 1.29 is 9.90 Å². The van der Waals surface area contributed by atoms with E-state index < -0.39 is 0 Å². The summed E-state index contributed by atoms with van der Waals surface area (Å²) in [6.07, 6.45) is 2.18. The summed E-state index contributed by atoms with van der Waals surface area (Å²) in [5, 5.41) is 9.90. The van der Waals surface area contributed by atoms with Crippen LogP contribution < -0.4 is 0 Å². The Balaban J connectivity index is 2.64. The SMILES string of the molecule is CCC1(CC)Cc2cc(O)c(Cl)c(Cl)c2C1=O. The van der Waals surface area contributed by atoms with Crippen LogP contribution in [-0.4, -0.2) is 10.9 Å². The highest BCUT2D eigenvalue weighted by Crippen LogP contribution is 2.48. The van der Waals surface area contributed by atoms with Gasteiger partial charge in [0.05, 0.1) is 5.02 Å². The lowest BCUT2D eigenvalue weighted by Crippen LogP contribution is -2.26. The Morgan fingerprint density at radius 3 is 2.41 bits per heavy atom. The lowest BCUT2D eigenvalue weighted by Gasteiger charge is -2.23. The molecule has 0 unspecified atom stereocenters. The van der Waals surface area contributed by atoms with Crippen LogP contribution in [0.4, 0.5) is 0 Å². The number of aromatic hydroxyl groups is 1. The van der Waals surface area contributed by atoms with Crippen molar-refractivity contribution in [3.8, 4) is 5.75 Å². The minimum absolute atomic E-state index is 0.0498. The molecule has 0 atom stereocenters. The van der Waals surface area contributed by atoms with Gasteiger partial charge in [0.2, 0.25) is 0 Å². The molecule has 1 N–H and O–H groups in total. The second-order valence-electron chi connectivity index (χ2n) is 4.55. The molecule has 92 valence electrons. The quantitative estimate of drug-likeness (QED) is 0.874. The molecule has 0 aliphatic heterocycles. The van der Waals surface area contributed by atoms with E-state index in [0.717, 1.165) is 18.4 Å². The fourth-order valence-electron chi connectivity index (χ4n) is 2.58. The van der Waals surface area contributed by atoms with Crippen LogP contribution >= 0.6 is 23.2 Å². The molecule has 1 aliphatic carbocycles. The van der Waals surface area contributed by atoms with Crippen LogP contribution in [0.25, 0.3) is 0 Å². The summed E-state index contributed by atoms with van der Waals surface area (Å²) in [5.41, 5.74) is 0.937. The molecule has 0 radical (unpaired) electrons. The summed E-state index contributed by atoms with van der Waals surface area (Å²) in [5.74, 6) is 0.00984. The number of carbonyl (C=O) groups is 1. The van der Waals surface area contributed by atoms with Crippen molar-refractivity contribution in [3.05, 3.63) is 27.2 Å². The maximum Gasteiger partial charge on any atom is 0.171 e. The van der Waals surface area contributed by atoms with Crippen molar-refractivity contribution in [1.29, 1.82) is 0 Å². The fourth-order valence-corrected chi connectivity index (χ4v) is 3.03. The predicted octanol–water partition coefficient (Wildman–Crippen LogP) is 4.24. The van der Waals surface area contributed by atoms with Crippen LogP contribution in [0.15, 0.2) is 6.07 Å². The van der Waals surface area contributed by atoms with Crippen molar-refractivity contribution in [2.75, 3.05) is 0 Å². The lowest BCUT2D eigenvalue weighted by molar-refractivity contribution is 0.0805. The standard InChI is InChI=1S/C13H14Cl2O2/c1-3-13(4-2)6-7-5-8(16)10(14)11(15)9(7)12(13)17/h5,16H,3-4,6H2,1-2H3. The van der Waals surface area contributed by atoms with Gasteiger partial charge in [-0.15, -0.1) is 0 Å². The Morgan fingerprint density at radius 2 is 1.88 bits per heavy atom. The first-order valence-corrected chi connectivity index (χ1v) is 6.47. The largest absolute Gasteiger partial charge is 0.506 e. The zero-order valence-electron chi connectivity index (χ0n) is 9.81. The number of halogens is 2. The molecule has 1 aliphatic rings. The van der Waals surface area contributed by atoms with E-state index in [0.29, 0.717) is 12.0 Å². The van der Waals surface area contributed by atoms with E-state index in [4.69, 9.17) is 23.2 Å². The van der Waals surface area contributed by atoms with E-state index in [9.17, 15) is 9.90 Å². The number of ketones is 1. The molecule has 17 heavy (non-hydrogen) atoms. The van der Waals surface area contributed by atoms with Gasteiger partial charge in [0.25, 0.3) is 0 Å². The summed E-state index contributed by atoms with van der Waals surface area (Å²) in [4.78, 5) is 12.4. The molecular weight excluding hydrogens is 259 g/mol. The van der Waals surface area contributed by atoms with Gasteiger partial charge in [-0.25, -0.2) is 0 Å². The molecule has 0 spiro atoms. The molecule has 0 saturated heterocycles. The fraction of sp³-hybridized carbons (Fsp3) is 0.462. The second kappa shape index (κ2) is 4.18. The van der Waals surface area contributed by atoms with E-state index in [2.05, 4.69) is 0 Å². The molecule has 0 bridgehead atoms. The van der Waals surface area contributed by atoms with E-state index in [1.165, 1.54) is 0 Å². The minimum atomic E-state index is -0.372. The monoisotopic (exact) mass is 272 g/mol. The van der Waals surface area contributed by atoms with E-state index >= 15 is 0 Å². The van der Waals surface area contributed by atoms with Gasteiger partial charge in [-0.2, -0.15) is 0 Å². The zero-order valence-corrected chi connectivity index (χ0v) is 11.3. The number of phenolic OH excluding ortho intramolecular Hbond substituents is 1. The topological polar surface area (TPSA) is 37.3 Å². The summed E-state index contributed by atoms with van der Waals surface area (Å²) in [7, 11) is 0. The summed E-state index contributed by atoms with van der Waals surface area (Å²) in [6, 6.07) is 1.56. The molecule has 0 amide bonds. The zero-order chi connectivity index (χ0) is 12.8. The van der Waals surface area contributed by atoms with Crippen LogP contribution in [0.5, 0.6) is 5.75 Å². The number of hydrogen-bond acceptors (Lipinski definition) is 2. The second-order valence-corrected chi connectivity index (χ2v) is 5.31. The Kier molecular flexibility index (Phi) is 3.13. The van der Waals surface area contributed by atoms with Crippen molar-refractivity contribution in [3.63, 3.8) is 0 Å². The molecule has 0 aromatic heterocycles. The van der Waals surface area contributed by atoms with E-state index in [1.54, 1.807) is 6.07 Å². The molecule has 0 fully saturated rings. The van der Waals surface area contributed by atoms with Crippen molar-refractivity contribution >= 4 is 29.0 Å². The maximum absolute atomic E-state index is 12.4. The molecule has 1 aromatic carbocycles. The van der Waals surface area contributed by atoms with Gasteiger partial charge < -0.3 is 5.11 Å². The summed E-state index contributed by atoms with van der Waals surface area (Å²) < 4.78 is 0. The van der Waals surface area contributed by atoms with E-state index in [1.807, 2.05) is 13.8 Å². The number of Topliss-reactive ketones (excluding diaryl/α,β-unsaturated/α-hetero) is 1. The summed E-state index contributed by atoms with van der Waals surface area (Å²) in [6.45, 7) is 4.01. The highest BCUT2D eigenvalue weighted by atomic mass is 35.5. The molecule has 0 saturated carbocycles. The average Bonchev–Trinajstić information content (AvgIpc) is 2.60. The number of benzene rings is 1. The molecule has 4 heteroatoms. The summed E-state index contributed by atoms with van der Waals surface area (Å²) >= 11 is 11.9. The third-order valence-corrected chi connectivity index (χ3v) is 4.72. The Bertz CT molecular complexity index is 491. The van der Waals surface area contributed by atoms with Gasteiger partial charge in [-0.3, -0.25) is 4.79 Å².